The number of likely N-dealkylation sites (tertiary alicyclic amines) is 1. The predicted octanol–water partition coefficient (Wildman–Crippen LogP) is 3.27. The van der Waals surface area contributed by atoms with E-state index in [0.29, 0.717) is 19.0 Å². The summed E-state index contributed by atoms with van der Waals surface area (Å²) in [5.41, 5.74) is 0.230. The molecule has 2 amide bonds. The fourth-order valence-corrected chi connectivity index (χ4v) is 2.95. The second kappa shape index (κ2) is 6.81. The number of halogens is 1. The van der Waals surface area contributed by atoms with E-state index in [1.165, 1.54) is 6.07 Å². The first-order valence-corrected chi connectivity index (χ1v) is 7.91. The van der Waals surface area contributed by atoms with E-state index < -0.39 is 5.82 Å². The Morgan fingerprint density at radius 2 is 2.09 bits per heavy atom. The lowest BCUT2D eigenvalue weighted by Crippen LogP contribution is -2.41. The van der Waals surface area contributed by atoms with Crippen LogP contribution in [0.1, 0.15) is 18.7 Å². The number of aryl methyl sites for hydroxylation is 1. The summed E-state index contributed by atoms with van der Waals surface area (Å²) in [7, 11) is 0. The molecule has 2 aromatic rings. The van der Waals surface area contributed by atoms with Gasteiger partial charge in [0.2, 0.25) is 0 Å². The zero-order valence-electron chi connectivity index (χ0n) is 13.2. The molecule has 0 spiro atoms. The second-order valence-electron chi connectivity index (χ2n) is 5.97. The molecule has 1 fully saturated rings. The summed E-state index contributed by atoms with van der Waals surface area (Å²) in [5, 5.41) is 2.65. The molecule has 3 rings (SSSR count). The zero-order chi connectivity index (χ0) is 16.2. The van der Waals surface area contributed by atoms with Crippen LogP contribution in [0.2, 0.25) is 0 Å². The zero-order valence-corrected chi connectivity index (χ0v) is 13.2. The molecule has 1 aliphatic heterocycles. The van der Waals surface area contributed by atoms with Crippen molar-refractivity contribution in [2.45, 2.75) is 26.3 Å². The summed E-state index contributed by atoms with van der Waals surface area (Å²) < 4.78 is 15.7. The van der Waals surface area contributed by atoms with Crippen LogP contribution in [0, 0.1) is 18.7 Å². The molecule has 1 N–H and O–H groups in total. The van der Waals surface area contributed by atoms with Gasteiger partial charge in [-0.25, -0.2) is 14.2 Å². The number of rotatable bonds is 3. The van der Waals surface area contributed by atoms with Crippen LogP contribution < -0.4 is 5.32 Å². The molecular weight excluding hydrogens is 295 g/mol. The first-order valence-electron chi connectivity index (χ1n) is 7.91. The van der Waals surface area contributed by atoms with Crippen molar-refractivity contribution in [3.63, 3.8) is 0 Å². The molecule has 5 nitrogen and oxygen atoms in total. The number of urea groups is 1. The third-order valence-corrected chi connectivity index (χ3v) is 4.40. The molecule has 1 saturated heterocycles. The highest BCUT2D eigenvalue weighted by Gasteiger charge is 2.23. The first kappa shape index (κ1) is 15.5. The largest absolute Gasteiger partial charge is 0.335 e. The van der Waals surface area contributed by atoms with E-state index in [1.807, 2.05) is 19.3 Å². The average Bonchev–Trinajstić information content (AvgIpc) is 2.95. The van der Waals surface area contributed by atoms with Gasteiger partial charge in [0.15, 0.2) is 0 Å². The highest BCUT2D eigenvalue weighted by atomic mass is 19.1. The molecular formula is C17H21FN4O. The number of nitrogens with zero attached hydrogens (tertiary/aromatic N) is 3. The predicted molar refractivity (Wildman–Crippen MR) is 86.7 cm³/mol. The van der Waals surface area contributed by atoms with Crippen molar-refractivity contribution in [1.82, 2.24) is 14.5 Å². The second-order valence-corrected chi connectivity index (χ2v) is 5.97. The quantitative estimate of drug-likeness (QED) is 0.945. The summed E-state index contributed by atoms with van der Waals surface area (Å²) in [6.45, 7) is 4.32. The van der Waals surface area contributed by atoms with Crippen molar-refractivity contribution in [3.05, 3.63) is 48.3 Å². The Morgan fingerprint density at radius 3 is 2.74 bits per heavy atom. The van der Waals surface area contributed by atoms with Crippen LogP contribution in [0.15, 0.2) is 36.7 Å². The Hall–Kier alpha value is -2.37. The Labute approximate surface area is 135 Å². The molecule has 0 bridgehead atoms. The number of carbonyl (C=O) groups is 1. The van der Waals surface area contributed by atoms with Crippen LogP contribution >= 0.6 is 0 Å². The number of nitrogens with one attached hydrogen (secondary N) is 1. The average molecular weight is 316 g/mol. The van der Waals surface area contributed by atoms with Gasteiger partial charge >= 0.3 is 6.03 Å². The summed E-state index contributed by atoms with van der Waals surface area (Å²) in [5.74, 6) is 1.15. The van der Waals surface area contributed by atoms with Crippen LogP contribution in [0.25, 0.3) is 0 Å². The molecule has 0 atom stereocenters. The number of hydrogen-bond donors (Lipinski definition) is 1. The summed E-state index contributed by atoms with van der Waals surface area (Å²) >= 11 is 0. The maximum Gasteiger partial charge on any atom is 0.321 e. The van der Waals surface area contributed by atoms with E-state index in [2.05, 4.69) is 14.9 Å². The fraction of sp³-hybridized carbons (Fsp3) is 0.412. The van der Waals surface area contributed by atoms with E-state index >= 15 is 0 Å². The molecule has 6 heteroatoms. The van der Waals surface area contributed by atoms with Gasteiger partial charge in [-0.3, -0.25) is 0 Å². The lowest BCUT2D eigenvalue weighted by molar-refractivity contribution is 0.176. The van der Waals surface area contributed by atoms with Crippen LogP contribution in [0.5, 0.6) is 0 Å². The number of anilines is 1. The SMILES string of the molecule is Cc1nccn1CC1CCN(C(=O)Nc2ccccc2F)CC1. The number of imidazole rings is 1. The lowest BCUT2D eigenvalue weighted by atomic mass is 9.97. The van der Waals surface area contributed by atoms with Gasteiger partial charge in [-0.1, -0.05) is 12.1 Å². The van der Waals surface area contributed by atoms with Crippen molar-refractivity contribution >= 4 is 11.7 Å². The number of carbonyl (C=O) groups excluding carboxylic acids is 1. The van der Waals surface area contributed by atoms with E-state index in [4.69, 9.17) is 0 Å². The highest BCUT2D eigenvalue weighted by molar-refractivity contribution is 5.89. The van der Waals surface area contributed by atoms with Crippen LogP contribution in [-0.4, -0.2) is 33.6 Å². The minimum atomic E-state index is -0.411. The van der Waals surface area contributed by atoms with Gasteiger partial charge < -0.3 is 14.8 Å². The smallest absolute Gasteiger partial charge is 0.321 e. The molecule has 23 heavy (non-hydrogen) atoms. The maximum absolute atomic E-state index is 13.6. The summed E-state index contributed by atoms with van der Waals surface area (Å²) in [6.07, 6.45) is 5.70. The molecule has 0 radical (unpaired) electrons. The number of benzene rings is 1. The van der Waals surface area contributed by atoms with Crippen molar-refractivity contribution in [3.8, 4) is 0 Å². The number of amides is 2. The third-order valence-electron chi connectivity index (χ3n) is 4.40. The van der Waals surface area contributed by atoms with Crippen molar-refractivity contribution < 1.29 is 9.18 Å². The minimum absolute atomic E-state index is 0.229. The number of aromatic nitrogens is 2. The summed E-state index contributed by atoms with van der Waals surface area (Å²) in [4.78, 5) is 18.2. The van der Waals surface area contributed by atoms with Crippen molar-refractivity contribution in [1.29, 1.82) is 0 Å². The van der Waals surface area contributed by atoms with E-state index in [-0.39, 0.29) is 11.7 Å². The topological polar surface area (TPSA) is 50.2 Å². The molecule has 0 unspecified atom stereocenters. The molecule has 1 aliphatic rings. The van der Waals surface area contributed by atoms with Crippen LogP contribution in [0.3, 0.4) is 0 Å². The van der Waals surface area contributed by atoms with Gasteiger partial charge in [0.25, 0.3) is 0 Å². The fourth-order valence-electron chi connectivity index (χ4n) is 2.95. The Balaban J connectivity index is 1.51. The van der Waals surface area contributed by atoms with Gasteiger partial charge in [0.1, 0.15) is 11.6 Å². The molecule has 1 aromatic carbocycles. The van der Waals surface area contributed by atoms with E-state index in [1.54, 1.807) is 23.1 Å². The number of para-hydroxylation sites is 1. The van der Waals surface area contributed by atoms with Gasteiger partial charge in [-0.2, -0.15) is 0 Å². The maximum atomic E-state index is 13.6. The lowest BCUT2D eigenvalue weighted by Gasteiger charge is -2.32. The van der Waals surface area contributed by atoms with Gasteiger partial charge in [0.05, 0.1) is 5.69 Å². The monoisotopic (exact) mass is 316 g/mol. The van der Waals surface area contributed by atoms with Gasteiger partial charge in [-0.15, -0.1) is 0 Å². The van der Waals surface area contributed by atoms with Gasteiger partial charge in [-0.05, 0) is 37.8 Å². The Bertz CT molecular complexity index is 677. The third kappa shape index (κ3) is 3.70. The molecule has 122 valence electrons. The van der Waals surface area contributed by atoms with Crippen molar-refractivity contribution in [2.75, 3.05) is 18.4 Å². The van der Waals surface area contributed by atoms with Crippen LogP contribution in [0.4, 0.5) is 14.9 Å². The molecule has 0 aliphatic carbocycles. The summed E-state index contributed by atoms with van der Waals surface area (Å²) in [6, 6.07) is 6.00. The first-order chi connectivity index (χ1) is 11.1. The molecule has 0 saturated carbocycles. The van der Waals surface area contributed by atoms with Crippen LogP contribution in [-0.2, 0) is 6.54 Å². The number of hydrogen-bond acceptors (Lipinski definition) is 2. The molecule has 1 aromatic heterocycles. The van der Waals surface area contributed by atoms with E-state index in [0.717, 1.165) is 25.2 Å². The van der Waals surface area contributed by atoms with E-state index in [9.17, 15) is 9.18 Å². The normalized spacial score (nSPS) is 15.7. The number of piperidine rings is 1. The highest BCUT2D eigenvalue weighted by Crippen LogP contribution is 2.21. The Kier molecular flexibility index (Phi) is 4.60. The van der Waals surface area contributed by atoms with Crippen molar-refractivity contribution in [2.24, 2.45) is 5.92 Å². The Morgan fingerprint density at radius 1 is 1.35 bits per heavy atom. The van der Waals surface area contributed by atoms with Gasteiger partial charge in [0, 0.05) is 32.0 Å². The minimum Gasteiger partial charge on any atom is -0.335 e. The molecule has 2 heterocycles. The standard InChI is InChI=1S/C17H21FN4O/c1-13-19-8-11-22(13)12-14-6-9-21(10-7-14)17(23)20-16-5-3-2-4-15(16)18/h2-5,8,11,14H,6-7,9-10,12H2,1H3,(H,20,23).